The van der Waals surface area contributed by atoms with Crippen molar-refractivity contribution in [1.29, 1.82) is 0 Å². The second kappa shape index (κ2) is 6.64. The molecule has 0 aliphatic rings. The van der Waals surface area contributed by atoms with Crippen molar-refractivity contribution in [2.45, 2.75) is 19.9 Å². The summed E-state index contributed by atoms with van der Waals surface area (Å²) in [5.74, 6) is -0.767. The lowest BCUT2D eigenvalue weighted by molar-refractivity contribution is -0.139. The van der Waals surface area contributed by atoms with Crippen LogP contribution >= 0.6 is 0 Å². The fourth-order valence-corrected chi connectivity index (χ4v) is 1.41. The molecule has 0 saturated heterocycles. The predicted octanol–water partition coefficient (Wildman–Crippen LogP) is 1.77. The zero-order valence-corrected chi connectivity index (χ0v) is 10.5. The van der Waals surface area contributed by atoms with Crippen LogP contribution in [0.3, 0.4) is 0 Å². The third-order valence-electron chi connectivity index (χ3n) is 2.33. The highest BCUT2D eigenvalue weighted by atomic mass is 16.4. The zero-order valence-electron chi connectivity index (χ0n) is 10.5. The molecule has 3 N–H and O–H groups in total. The Morgan fingerprint density at radius 3 is 2.33 bits per heavy atom. The second-order valence-electron chi connectivity index (χ2n) is 4.43. The molecule has 0 aliphatic heterocycles. The number of rotatable bonds is 5. The minimum absolute atomic E-state index is 0.316. The highest BCUT2D eigenvalue weighted by Gasteiger charge is 2.21. The van der Waals surface area contributed by atoms with Gasteiger partial charge in [0, 0.05) is 6.54 Å². The first-order chi connectivity index (χ1) is 8.50. The average molecular weight is 250 g/mol. The monoisotopic (exact) mass is 250 g/mol. The summed E-state index contributed by atoms with van der Waals surface area (Å²) in [5.41, 5.74) is 0.546. The van der Waals surface area contributed by atoms with Gasteiger partial charge in [-0.25, -0.2) is 9.59 Å². The minimum atomic E-state index is -1.08. The summed E-state index contributed by atoms with van der Waals surface area (Å²) in [7, 11) is 0. The van der Waals surface area contributed by atoms with Gasteiger partial charge in [0.2, 0.25) is 0 Å². The third kappa shape index (κ3) is 4.45. The first kappa shape index (κ1) is 14.0. The van der Waals surface area contributed by atoms with E-state index in [0.717, 1.165) is 0 Å². The van der Waals surface area contributed by atoms with E-state index in [1.165, 1.54) is 0 Å². The smallest absolute Gasteiger partial charge is 0.330 e. The van der Waals surface area contributed by atoms with Crippen LogP contribution in [0.1, 0.15) is 25.5 Å². The van der Waals surface area contributed by atoms with E-state index in [0.29, 0.717) is 18.0 Å². The Labute approximate surface area is 106 Å². The molecule has 2 amide bonds. The maximum atomic E-state index is 11.6. The number of hydrogen-bond donors (Lipinski definition) is 3. The van der Waals surface area contributed by atoms with Crippen molar-refractivity contribution in [2.24, 2.45) is 5.92 Å². The minimum Gasteiger partial charge on any atom is -0.479 e. The van der Waals surface area contributed by atoms with Gasteiger partial charge in [-0.1, -0.05) is 44.2 Å². The predicted molar refractivity (Wildman–Crippen MR) is 68.2 cm³/mol. The van der Waals surface area contributed by atoms with Crippen molar-refractivity contribution < 1.29 is 14.7 Å². The van der Waals surface area contributed by atoms with Crippen molar-refractivity contribution in [3.05, 3.63) is 35.9 Å². The van der Waals surface area contributed by atoms with E-state index in [1.807, 2.05) is 13.8 Å². The number of carbonyl (C=O) groups is 2. The van der Waals surface area contributed by atoms with E-state index >= 15 is 0 Å². The van der Waals surface area contributed by atoms with Gasteiger partial charge in [0.1, 0.15) is 0 Å². The van der Waals surface area contributed by atoms with E-state index in [2.05, 4.69) is 10.6 Å². The van der Waals surface area contributed by atoms with Gasteiger partial charge in [-0.2, -0.15) is 0 Å². The number of aliphatic carboxylic acids is 1. The van der Waals surface area contributed by atoms with Crippen LogP contribution in [-0.2, 0) is 4.79 Å². The number of carboxylic acid groups (broad SMARTS) is 1. The molecule has 1 rings (SSSR count). The first-order valence-electron chi connectivity index (χ1n) is 5.83. The fraction of sp³-hybridized carbons (Fsp3) is 0.385. The summed E-state index contributed by atoms with van der Waals surface area (Å²) in [6, 6.07) is 7.10. The molecule has 0 aliphatic carbocycles. The van der Waals surface area contributed by atoms with Gasteiger partial charge in [0.15, 0.2) is 6.04 Å². The number of nitrogens with one attached hydrogen (secondary N) is 2. The SMILES string of the molecule is CC(C)CNC(=O)NC(C(=O)O)c1ccccc1. The summed E-state index contributed by atoms with van der Waals surface area (Å²) in [6.45, 7) is 4.44. The molecular formula is C13H18N2O3. The maximum absolute atomic E-state index is 11.6. The van der Waals surface area contributed by atoms with Crippen LogP contribution in [0.5, 0.6) is 0 Å². The molecule has 98 valence electrons. The van der Waals surface area contributed by atoms with Gasteiger partial charge < -0.3 is 15.7 Å². The van der Waals surface area contributed by atoms with Gasteiger partial charge in [-0.3, -0.25) is 0 Å². The lowest BCUT2D eigenvalue weighted by Crippen LogP contribution is -2.42. The number of carboxylic acids is 1. The molecule has 1 atom stereocenters. The Balaban J connectivity index is 2.65. The first-order valence-corrected chi connectivity index (χ1v) is 5.83. The van der Waals surface area contributed by atoms with Crippen LogP contribution in [0.15, 0.2) is 30.3 Å². The van der Waals surface area contributed by atoms with Crippen LogP contribution in [0.2, 0.25) is 0 Å². The second-order valence-corrected chi connectivity index (χ2v) is 4.43. The van der Waals surface area contributed by atoms with Crippen LogP contribution < -0.4 is 10.6 Å². The van der Waals surface area contributed by atoms with E-state index in [1.54, 1.807) is 30.3 Å². The summed E-state index contributed by atoms with van der Waals surface area (Å²) in [5, 5.41) is 14.2. The van der Waals surface area contributed by atoms with Gasteiger partial charge in [-0.15, -0.1) is 0 Å². The highest BCUT2D eigenvalue weighted by Crippen LogP contribution is 2.12. The lowest BCUT2D eigenvalue weighted by atomic mass is 10.1. The summed E-state index contributed by atoms with van der Waals surface area (Å²) in [4.78, 5) is 22.7. The van der Waals surface area contributed by atoms with Crippen molar-refractivity contribution in [3.8, 4) is 0 Å². The number of amides is 2. The molecule has 0 heterocycles. The molecular weight excluding hydrogens is 232 g/mol. The Morgan fingerprint density at radius 1 is 1.22 bits per heavy atom. The molecule has 0 fully saturated rings. The molecule has 1 aromatic rings. The van der Waals surface area contributed by atoms with Crippen LogP contribution in [0, 0.1) is 5.92 Å². The molecule has 5 nitrogen and oxygen atoms in total. The Hall–Kier alpha value is -2.04. The Morgan fingerprint density at radius 2 is 1.83 bits per heavy atom. The number of carbonyl (C=O) groups excluding carboxylic acids is 1. The van der Waals surface area contributed by atoms with Crippen LogP contribution in [-0.4, -0.2) is 23.7 Å². The van der Waals surface area contributed by atoms with Gasteiger partial charge in [-0.05, 0) is 11.5 Å². The molecule has 5 heteroatoms. The molecule has 0 bridgehead atoms. The van der Waals surface area contributed by atoms with Crippen LogP contribution in [0.25, 0.3) is 0 Å². The fourth-order valence-electron chi connectivity index (χ4n) is 1.41. The van der Waals surface area contributed by atoms with Gasteiger partial charge >= 0.3 is 12.0 Å². The summed E-state index contributed by atoms with van der Waals surface area (Å²) >= 11 is 0. The van der Waals surface area contributed by atoms with Crippen molar-refractivity contribution in [1.82, 2.24) is 10.6 Å². The third-order valence-corrected chi connectivity index (χ3v) is 2.33. The molecule has 1 aromatic carbocycles. The summed E-state index contributed by atoms with van der Waals surface area (Å²) in [6.07, 6.45) is 0. The van der Waals surface area contributed by atoms with Crippen molar-refractivity contribution in [2.75, 3.05) is 6.54 Å². The number of benzene rings is 1. The Bertz CT molecular complexity index is 404. The topological polar surface area (TPSA) is 78.4 Å². The molecule has 0 aromatic heterocycles. The molecule has 1 unspecified atom stereocenters. The standard InChI is InChI=1S/C13H18N2O3/c1-9(2)8-14-13(18)15-11(12(16)17)10-6-4-3-5-7-10/h3-7,9,11H,8H2,1-2H3,(H,16,17)(H2,14,15,18). The lowest BCUT2D eigenvalue weighted by Gasteiger charge is -2.16. The summed E-state index contributed by atoms with van der Waals surface area (Å²) < 4.78 is 0. The van der Waals surface area contributed by atoms with Crippen LogP contribution in [0.4, 0.5) is 4.79 Å². The van der Waals surface area contributed by atoms with Crippen molar-refractivity contribution in [3.63, 3.8) is 0 Å². The average Bonchev–Trinajstić information content (AvgIpc) is 2.34. The van der Waals surface area contributed by atoms with E-state index in [4.69, 9.17) is 5.11 Å². The molecule has 0 saturated carbocycles. The van der Waals surface area contributed by atoms with Crippen molar-refractivity contribution >= 4 is 12.0 Å². The zero-order chi connectivity index (χ0) is 13.5. The normalized spacial score (nSPS) is 11.9. The molecule has 18 heavy (non-hydrogen) atoms. The number of hydrogen-bond acceptors (Lipinski definition) is 2. The Kier molecular flexibility index (Phi) is 5.17. The van der Waals surface area contributed by atoms with E-state index in [9.17, 15) is 9.59 Å². The molecule has 0 spiro atoms. The van der Waals surface area contributed by atoms with E-state index in [-0.39, 0.29) is 0 Å². The maximum Gasteiger partial charge on any atom is 0.330 e. The van der Waals surface area contributed by atoms with Gasteiger partial charge in [0.05, 0.1) is 0 Å². The molecule has 0 radical (unpaired) electrons. The van der Waals surface area contributed by atoms with E-state index < -0.39 is 18.0 Å². The van der Waals surface area contributed by atoms with Gasteiger partial charge in [0.25, 0.3) is 0 Å². The highest BCUT2D eigenvalue weighted by molar-refractivity contribution is 5.83. The largest absolute Gasteiger partial charge is 0.479 e. The quantitative estimate of drug-likeness (QED) is 0.745. The number of urea groups is 1.